The molecule has 41 heavy (non-hydrogen) atoms. The molecule has 0 bridgehead atoms. The van der Waals surface area contributed by atoms with Crippen LogP contribution in [-0.4, -0.2) is 89.5 Å². The molecule has 0 saturated carbocycles. The lowest BCUT2D eigenvalue weighted by Gasteiger charge is -2.43. The average molecular weight is 617 g/mol. The van der Waals surface area contributed by atoms with Crippen LogP contribution in [0.5, 0.6) is 0 Å². The lowest BCUT2D eigenvalue weighted by Crippen LogP contribution is -2.52. The van der Waals surface area contributed by atoms with Gasteiger partial charge in [0.15, 0.2) is 0 Å². The Morgan fingerprint density at radius 2 is 1.78 bits per heavy atom. The van der Waals surface area contributed by atoms with E-state index in [1.54, 1.807) is 25.8 Å². The van der Waals surface area contributed by atoms with E-state index in [-0.39, 0.29) is 35.0 Å². The summed E-state index contributed by atoms with van der Waals surface area (Å²) in [6, 6.07) is 3.92. The summed E-state index contributed by atoms with van der Waals surface area (Å²) >= 11 is 5.83. The molecule has 1 aromatic heterocycles. The highest BCUT2D eigenvalue weighted by atomic mass is 35.5. The van der Waals surface area contributed by atoms with Gasteiger partial charge in [0.1, 0.15) is 17.8 Å². The molecule has 0 atom stereocenters. The second-order valence-electron chi connectivity index (χ2n) is 10.6. The summed E-state index contributed by atoms with van der Waals surface area (Å²) < 4.78 is 64.9. The second-order valence-corrected chi connectivity index (χ2v) is 13.3. The van der Waals surface area contributed by atoms with Gasteiger partial charge in [-0.15, -0.1) is 0 Å². The molecule has 2 aliphatic rings. The van der Waals surface area contributed by atoms with Gasteiger partial charge in [-0.2, -0.15) is 13.2 Å². The molecule has 1 aromatic carbocycles. The molecule has 2 fully saturated rings. The first-order valence-corrected chi connectivity index (χ1v) is 15.7. The Balaban J connectivity index is 1.31. The van der Waals surface area contributed by atoms with Crippen LogP contribution in [0.1, 0.15) is 59.8 Å². The van der Waals surface area contributed by atoms with Gasteiger partial charge in [-0.1, -0.05) is 17.7 Å². The maximum Gasteiger partial charge on any atom is 0.417 e. The zero-order valence-electron chi connectivity index (χ0n) is 23.4. The van der Waals surface area contributed by atoms with Crippen molar-refractivity contribution in [2.75, 3.05) is 44.3 Å². The molecule has 0 unspecified atom stereocenters. The van der Waals surface area contributed by atoms with Crippen molar-refractivity contribution in [2.24, 2.45) is 0 Å². The van der Waals surface area contributed by atoms with Gasteiger partial charge < -0.3 is 15.1 Å². The summed E-state index contributed by atoms with van der Waals surface area (Å²) in [5.41, 5.74) is 0.495. The number of hydrogen-bond acceptors (Lipinski definition) is 7. The third kappa shape index (κ3) is 7.30. The number of nitrogens with one attached hydrogen (secondary N) is 1. The van der Waals surface area contributed by atoms with Crippen LogP contribution >= 0.6 is 11.6 Å². The van der Waals surface area contributed by atoms with Gasteiger partial charge in [0.25, 0.3) is 5.91 Å². The van der Waals surface area contributed by atoms with Crippen LogP contribution < -0.4 is 5.32 Å². The van der Waals surface area contributed by atoms with Crippen molar-refractivity contribution in [2.45, 2.75) is 64.3 Å². The van der Waals surface area contributed by atoms with Crippen LogP contribution in [0.25, 0.3) is 0 Å². The number of likely N-dealkylation sites (tertiary alicyclic amines) is 2. The highest BCUT2D eigenvalue weighted by Crippen LogP contribution is 2.35. The van der Waals surface area contributed by atoms with E-state index in [4.69, 9.17) is 11.6 Å². The SMILES string of the molecule is CCS(=O)(=O)N(C)C1CCN(C2CCN(C(=O)c3ncnc(NCc4ccc(C(F)(F)F)c(Cl)c4)c3C)CC2)CC1. The minimum atomic E-state index is -4.52. The van der Waals surface area contributed by atoms with Gasteiger partial charge in [-0.3, -0.25) is 4.79 Å². The van der Waals surface area contributed by atoms with Crippen molar-refractivity contribution in [3.8, 4) is 0 Å². The number of amides is 1. The molecule has 226 valence electrons. The van der Waals surface area contributed by atoms with E-state index in [0.717, 1.165) is 44.8 Å². The molecule has 0 aliphatic carbocycles. The molecule has 2 aromatic rings. The Hall–Kier alpha value is -2.48. The molecule has 14 heteroatoms. The van der Waals surface area contributed by atoms with E-state index in [9.17, 15) is 26.4 Å². The maximum atomic E-state index is 13.4. The van der Waals surface area contributed by atoms with Gasteiger partial charge in [-0.25, -0.2) is 22.7 Å². The van der Waals surface area contributed by atoms with Crippen molar-refractivity contribution in [3.63, 3.8) is 0 Å². The highest BCUT2D eigenvalue weighted by molar-refractivity contribution is 7.89. The highest BCUT2D eigenvalue weighted by Gasteiger charge is 2.34. The van der Waals surface area contributed by atoms with Crippen LogP contribution in [0.15, 0.2) is 24.5 Å². The number of benzene rings is 1. The Kier molecular flexibility index (Phi) is 9.82. The van der Waals surface area contributed by atoms with Crippen LogP contribution in [0, 0.1) is 6.92 Å². The smallest absolute Gasteiger partial charge is 0.366 e. The molecule has 9 nitrogen and oxygen atoms in total. The fourth-order valence-corrected chi connectivity index (χ4v) is 6.94. The number of piperidine rings is 2. The molecule has 4 rings (SSSR count). The van der Waals surface area contributed by atoms with E-state index in [1.165, 1.54) is 22.8 Å². The first-order chi connectivity index (χ1) is 19.3. The van der Waals surface area contributed by atoms with Gasteiger partial charge in [-0.05, 0) is 70.3 Å². The van der Waals surface area contributed by atoms with Crippen LogP contribution in [-0.2, 0) is 22.7 Å². The number of carbonyl (C=O) groups is 1. The number of sulfonamides is 1. The Labute approximate surface area is 244 Å². The zero-order chi connectivity index (χ0) is 29.9. The molecule has 1 N–H and O–H groups in total. The summed E-state index contributed by atoms with van der Waals surface area (Å²) in [5, 5.41) is 2.70. The van der Waals surface area contributed by atoms with Gasteiger partial charge >= 0.3 is 6.18 Å². The molecular weight excluding hydrogens is 581 g/mol. The van der Waals surface area contributed by atoms with Crippen molar-refractivity contribution >= 4 is 33.3 Å². The number of alkyl halides is 3. The Morgan fingerprint density at radius 3 is 2.37 bits per heavy atom. The summed E-state index contributed by atoms with van der Waals surface area (Å²) in [4.78, 5) is 26.0. The number of nitrogens with zero attached hydrogens (tertiary/aromatic N) is 5. The summed E-state index contributed by atoms with van der Waals surface area (Å²) in [6.07, 6.45) is 0.0121. The van der Waals surface area contributed by atoms with E-state index >= 15 is 0 Å². The van der Waals surface area contributed by atoms with Gasteiger partial charge in [0.05, 0.1) is 16.3 Å². The lowest BCUT2D eigenvalue weighted by atomic mass is 9.97. The monoisotopic (exact) mass is 616 g/mol. The third-order valence-corrected chi connectivity index (χ3v) is 10.4. The largest absolute Gasteiger partial charge is 0.417 e. The molecular formula is C27H36ClF3N6O3S. The molecule has 1 amide bonds. The number of rotatable bonds is 8. The minimum Gasteiger partial charge on any atom is -0.366 e. The van der Waals surface area contributed by atoms with E-state index in [2.05, 4.69) is 20.2 Å². The molecule has 3 heterocycles. The van der Waals surface area contributed by atoms with Crippen LogP contribution in [0.2, 0.25) is 5.02 Å². The Morgan fingerprint density at radius 1 is 1.12 bits per heavy atom. The van der Waals surface area contributed by atoms with Crippen molar-refractivity contribution in [3.05, 3.63) is 51.9 Å². The fourth-order valence-electron chi connectivity index (χ4n) is 5.56. The number of anilines is 1. The van der Waals surface area contributed by atoms with E-state index < -0.39 is 21.8 Å². The first-order valence-electron chi connectivity index (χ1n) is 13.7. The molecule has 2 aliphatic heterocycles. The zero-order valence-corrected chi connectivity index (χ0v) is 25.0. The average Bonchev–Trinajstić information content (AvgIpc) is 2.95. The summed E-state index contributed by atoms with van der Waals surface area (Å²) in [5.74, 6) is 0.342. The summed E-state index contributed by atoms with van der Waals surface area (Å²) in [7, 11) is -1.53. The predicted molar refractivity (Wildman–Crippen MR) is 151 cm³/mol. The van der Waals surface area contributed by atoms with E-state index in [1.807, 2.05) is 0 Å². The number of halogens is 4. The van der Waals surface area contributed by atoms with Gasteiger partial charge in [0, 0.05) is 44.3 Å². The van der Waals surface area contributed by atoms with Crippen LogP contribution in [0.4, 0.5) is 19.0 Å². The lowest BCUT2D eigenvalue weighted by molar-refractivity contribution is -0.137. The second kappa shape index (κ2) is 12.8. The molecule has 0 radical (unpaired) electrons. The fraction of sp³-hybridized carbons (Fsp3) is 0.593. The summed E-state index contributed by atoms with van der Waals surface area (Å²) in [6.45, 7) is 6.41. The first kappa shape index (κ1) is 31.5. The van der Waals surface area contributed by atoms with Gasteiger partial charge in [0.2, 0.25) is 10.0 Å². The third-order valence-electron chi connectivity index (χ3n) is 8.17. The molecule has 2 saturated heterocycles. The maximum absolute atomic E-state index is 13.4. The number of hydrogen-bond donors (Lipinski definition) is 1. The quantitative estimate of drug-likeness (QED) is 0.469. The van der Waals surface area contributed by atoms with Crippen LogP contribution in [0.3, 0.4) is 0 Å². The number of aromatic nitrogens is 2. The topological polar surface area (TPSA) is 98.7 Å². The van der Waals surface area contributed by atoms with E-state index in [0.29, 0.717) is 36.1 Å². The molecule has 0 spiro atoms. The number of carbonyl (C=O) groups excluding carboxylic acids is 1. The normalized spacial score (nSPS) is 18.2. The minimum absolute atomic E-state index is 0.0256. The van der Waals surface area contributed by atoms with Crippen molar-refractivity contribution < 1.29 is 26.4 Å². The van der Waals surface area contributed by atoms with Crippen molar-refractivity contribution in [1.29, 1.82) is 0 Å². The Bertz CT molecular complexity index is 1340. The van der Waals surface area contributed by atoms with Crippen molar-refractivity contribution in [1.82, 2.24) is 24.1 Å². The predicted octanol–water partition coefficient (Wildman–Crippen LogP) is 4.42. The standard InChI is InChI=1S/C27H36ClF3N6O3S/c1-4-41(39,40)35(3)20-7-11-36(12-8-20)21-9-13-37(14-10-21)26(38)24-18(2)25(34-17-33-24)32-16-19-5-6-22(23(28)15-19)27(29,30)31/h5-6,15,17,20-21H,4,7-14,16H2,1-3H3,(H,32,33,34).